The van der Waals surface area contributed by atoms with E-state index in [4.69, 9.17) is 8.98 Å². The molecule has 0 aliphatic rings. The van der Waals surface area contributed by atoms with Crippen LogP contribution in [0.2, 0.25) is 19.1 Å². The molecular formula is C11H19F5O6SSi. The van der Waals surface area contributed by atoms with Gasteiger partial charge < -0.3 is 9.16 Å². The second-order valence-electron chi connectivity index (χ2n) is 5.62. The Morgan fingerprint density at radius 3 is 2.04 bits per heavy atom. The average molecular weight is 402 g/mol. The first-order chi connectivity index (χ1) is 10.5. The van der Waals surface area contributed by atoms with Crippen LogP contribution >= 0.6 is 0 Å². The Morgan fingerprint density at radius 1 is 1.17 bits per heavy atom. The monoisotopic (exact) mass is 402 g/mol. The molecule has 0 saturated heterocycles. The van der Waals surface area contributed by atoms with Crippen molar-refractivity contribution in [2.24, 2.45) is 0 Å². The maximum absolute atomic E-state index is 13.2. The van der Waals surface area contributed by atoms with Gasteiger partial charge in [0.2, 0.25) is 0 Å². The summed E-state index contributed by atoms with van der Waals surface area (Å²) in [4.78, 5) is 11.3. The van der Waals surface area contributed by atoms with Crippen molar-refractivity contribution in [1.29, 1.82) is 0 Å². The van der Waals surface area contributed by atoms with E-state index >= 15 is 0 Å². The summed E-state index contributed by atoms with van der Waals surface area (Å²) in [6.45, 7) is 3.75. The fourth-order valence-electron chi connectivity index (χ4n) is 1.57. The van der Waals surface area contributed by atoms with Crippen LogP contribution in [0.3, 0.4) is 0 Å². The molecule has 0 radical (unpaired) electrons. The van der Waals surface area contributed by atoms with Gasteiger partial charge >= 0.3 is 27.5 Å². The average Bonchev–Trinajstić information content (AvgIpc) is 2.38. The van der Waals surface area contributed by atoms with Crippen molar-refractivity contribution < 1.29 is 48.9 Å². The minimum atomic E-state index is -6.42. The lowest BCUT2D eigenvalue weighted by atomic mass is 10.2. The van der Waals surface area contributed by atoms with Crippen LogP contribution in [-0.4, -0.2) is 51.9 Å². The summed E-state index contributed by atoms with van der Waals surface area (Å²) >= 11 is 0. The zero-order valence-electron chi connectivity index (χ0n) is 13.2. The maximum atomic E-state index is 13.2. The molecule has 0 aromatic carbocycles. The minimum absolute atomic E-state index is 0.0562. The van der Waals surface area contributed by atoms with Gasteiger partial charge in [0.15, 0.2) is 8.32 Å². The Labute approximate surface area is 137 Å². The summed E-state index contributed by atoms with van der Waals surface area (Å²) < 4.78 is 102. The molecule has 0 aliphatic heterocycles. The van der Waals surface area contributed by atoms with Gasteiger partial charge in [0, 0.05) is 13.5 Å². The molecule has 0 bridgehead atoms. The van der Waals surface area contributed by atoms with Gasteiger partial charge in [-0.2, -0.15) is 30.4 Å². The molecule has 13 heteroatoms. The Kier molecular flexibility index (Phi) is 7.79. The number of carbonyl (C=O) groups is 1. The third-order valence-corrected chi connectivity index (χ3v) is 6.72. The molecule has 0 spiro atoms. The molecular weight excluding hydrogens is 383 g/mol. The van der Waals surface area contributed by atoms with Gasteiger partial charge in [0.1, 0.15) is 0 Å². The van der Waals surface area contributed by atoms with Crippen molar-refractivity contribution >= 4 is 24.4 Å². The summed E-state index contributed by atoms with van der Waals surface area (Å²) in [5.74, 6) is -1.64. The number of esters is 1. The first-order valence-electron chi connectivity index (χ1n) is 6.71. The lowest BCUT2D eigenvalue weighted by molar-refractivity contribution is -0.259. The van der Waals surface area contributed by atoms with E-state index in [1.165, 1.54) is 7.11 Å². The summed E-state index contributed by atoms with van der Waals surface area (Å²) in [6.07, 6.45) is -10.3. The van der Waals surface area contributed by atoms with Crippen molar-refractivity contribution in [3.63, 3.8) is 0 Å². The second kappa shape index (κ2) is 8.06. The third kappa shape index (κ3) is 6.99. The summed E-state index contributed by atoms with van der Waals surface area (Å²) in [5.41, 5.74) is 0. The van der Waals surface area contributed by atoms with Crippen LogP contribution in [0.15, 0.2) is 0 Å². The molecule has 0 amide bonds. The molecule has 24 heavy (non-hydrogen) atoms. The van der Waals surface area contributed by atoms with E-state index in [-0.39, 0.29) is 6.42 Å². The Morgan fingerprint density at radius 2 is 1.67 bits per heavy atom. The zero-order chi connectivity index (χ0) is 19.4. The van der Waals surface area contributed by atoms with Crippen molar-refractivity contribution in [2.45, 2.75) is 55.9 Å². The molecule has 0 aliphatic carbocycles. The predicted molar refractivity (Wildman–Crippen MR) is 75.6 cm³/mol. The molecule has 1 unspecified atom stereocenters. The Hall–Kier alpha value is -0.793. The number of halogens is 5. The van der Waals surface area contributed by atoms with Crippen LogP contribution in [0.1, 0.15) is 19.3 Å². The molecule has 0 aromatic heterocycles. The molecule has 1 N–H and O–H groups in total. The van der Waals surface area contributed by atoms with Crippen LogP contribution in [0, 0.1) is 0 Å². The molecule has 6 nitrogen and oxygen atoms in total. The van der Waals surface area contributed by atoms with Gasteiger partial charge in [-0.25, -0.2) is 0 Å². The molecule has 1 atom stereocenters. The largest absolute Gasteiger partial charge is 0.445 e. The van der Waals surface area contributed by atoms with Gasteiger partial charge in [-0.1, -0.05) is 6.42 Å². The van der Waals surface area contributed by atoms with Crippen LogP contribution in [-0.2, 0) is 24.1 Å². The number of ether oxygens (including phenoxy) is 1. The summed E-state index contributed by atoms with van der Waals surface area (Å²) in [6, 6.07) is 0.584. The molecule has 0 heterocycles. The number of carbonyl (C=O) groups excluding carboxylic acids is 1. The fourth-order valence-corrected chi connectivity index (χ4v) is 3.33. The molecule has 144 valence electrons. The number of hydrogen-bond donors (Lipinski definition) is 1. The molecule has 0 aromatic rings. The first kappa shape index (κ1) is 23.2. The number of alkyl halides is 5. The predicted octanol–water partition coefficient (Wildman–Crippen LogP) is 2.96. The molecule has 0 saturated carbocycles. The fraction of sp³-hybridized carbons (Fsp3) is 0.909. The van der Waals surface area contributed by atoms with Crippen molar-refractivity contribution in [3.8, 4) is 0 Å². The minimum Gasteiger partial charge on any atom is -0.445 e. The highest BCUT2D eigenvalue weighted by Crippen LogP contribution is 2.38. The van der Waals surface area contributed by atoms with E-state index in [1.807, 2.05) is 13.1 Å². The second-order valence-corrected chi connectivity index (χ2v) is 11.5. The van der Waals surface area contributed by atoms with Gasteiger partial charge in [0.05, 0.1) is 0 Å². The van der Waals surface area contributed by atoms with E-state index in [1.54, 1.807) is 0 Å². The van der Waals surface area contributed by atoms with Crippen molar-refractivity contribution in [3.05, 3.63) is 0 Å². The standard InChI is InChI=1S/C11H19F5O6SSi/c1-21-24(2,3)7-5-4-6-8(17)22-9(10(12,13)14)11(15,16)23(18,19)20/h9H,4-7H2,1-3H3,(H,18,19,20). The van der Waals surface area contributed by atoms with E-state index in [9.17, 15) is 35.2 Å². The topological polar surface area (TPSA) is 89.9 Å². The van der Waals surface area contributed by atoms with E-state index in [0.29, 0.717) is 12.5 Å². The number of hydrogen-bond acceptors (Lipinski definition) is 5. The normalized spacial score (nSPS) is 15.2. The molecule has 0 fully saturated rings. The Balaban J connectivity index is 4.82. The lowest BCUT2D eigenvalue weighted by Crippen LogP contribution is -2.52. The lowest BCUT2D eigenvalue weighted by Gasteiger charge is -2.26. The third-order valence-electron chi connectivity index (χ3n) is 3.16. The highest BCUT2D eigenvalue weighted by molar-refractivity contribution is 7.86. The van der Waals surface area contributed by atoms with E-state index in [0.717, 1.165) is 0 Å². The van der Waals surface area contributed by atoms with Gasteiger partial charge in [-0.3, -0.25) is 9.35 Å². The summed E-state index contributed by atoms with van der Waals surface area (Å²) in [7, 11) is -6.84. The van der Waals surface area contributed by atoms with Crippen LogP contribution in [0.5, 0.6) is 0 Å². The van der Waals surface area contributed by atoms with Crippen LogP contribution in [0.25, 0.3) is 0 Å². The van der Waals surface area contributed by atoms with Crippen LogP contribution < -0.4 is 0 Å². The quantitative estimate of drug-likeness (QED) is 0.210. The van der Waals surface area contributed by atoms with E-state index in [2.05, 4.69) is 4.74 Å². The highest BCUT2D eigenvalue weighted by atomic mass is 32.2. The first-order valence-corrected chi connectivity index (χ1v) is 11.3. The molecule has 0 rings (SSSR count). The van der Waals surface area contributed by atoms with Gasteiger partial charge in [-0.05, 0) is 25.6 Å². The summed E-state index contributed by atoms with van der Waals surface area (Å²) in [5, 5.41) is -5.70. The maximum Gasteiger partial charge on any atom is 0.432 e. The smallest absolute Gasteiger partial charge is 0.432 e. The van der Waals surface area contributed by atoms with Crippen molar-refractivity contribution in [2.75, 3.05) is 7.11 Å². The highest BCUT2D eigenvalue weighted by Gasteiger charge is 2.65. The van der Waals surface area contributed by atoms with Gasteiger partial charge in [-0.15, -0.1) is 0 Å². The Bertz CT molecular complexity index is 534. The van der Waals surface area contributed by atoms with Crippen molar-refractivity contribution in [1.82, 2.24) is 0 Å². The van der Waals surface area contributed by atoms with Gasteiger partial charge in [0.25, 0.3) is 6.10 Å². The SMILES string of the molecule is CO[Si](C)(C)CCCCC(=O)OC(C(F)(F)F)C(F)(F)S(=O)(=O)O. The number of unbranched alkanes of at least 4 members (excludes halogenated alkanes) is 1. The van der Waals surface area contributed by atoms with Crippen LogP contribution in [0.4, 0.5) is 22.0 Å². The zero-order valence-corrected chi connectivity index (χ0v) is 15.0. The van der Waals surface area contributed by atoms with E-state index < -0.39 is 48.4 Å². The number of rotatable bonds is 9.